The molecule has 0 atom stereocenters. The maximum absolute atomic E-state index is 15.8. The number of nitrogens with zero attached hydrogens (tertiary/aromatic N) is 2. The van der Waals surface area contributed by atoms with Crippen molar-refractivity contribution in [2.24, 2.45) is 0 Å². The van der Waals surface area contributed by atoms with Gasteiger partial charge in [0.15, 0.2) is 0 Å². The van der Waals surface area contributed by atoms with Crippen LogP contribution in [0.15, 0.2) is 103 Å². The number of nitrogens with one attached hydrogen (secondary N) is 1. The van der Waals surface area contributed by atoms with Gasteiger partial charge >= 0.3 is 0 Å². The van der Waals surface area contributed by atoms with Crippen LogP contribution in [0.4, 0.5) is 4.39 Å². The number of rotatable bonds is 8. The Morgan fingerprint density at radius 1 is 0.795 bits per heavy atom. The maximum atomic E-state index is 15.8. The van der Waals surface area contributed by atoms with Gasteiger partial charge in [0.25, 0.3) is 0 Å². The third-order valence-electron chi connectivity index (χ3n) is 6.80. The molecule has 194 valence electrons. The second kappa shape index (κ2) is 11.5. The minimum Gasteiger partial charge on any atom is -0.473 e. The lowest BCUT2D eigenvalue weighted by atomic mass is 9.97. The van der Waals surface area contributed by atoms with Crippen LogP contribution in [0, 0.1) is 5.82 Å². The molecule has 6 heteroatoms. The zero-order valence-corrected chi connectivity index (χ0v) is 21.4. The predicted octanol–water partition coefficient (Wildman–Crippen LogP) is 6.97. The van der Waals surface area contributed by atoms with E-state index in [1.54, 1.807) is 6.20 Å². The zero-order valence-electron chi connectivity index (χ0n) is 21.4. The lowest BCUT2D eigenvalue weighted by Gasteiger charge is -2.16. The Morgan fingerprint density at radius 3 is 2.23 bits per heavy atom. The smallest absolute Gasteiger partial charge is 0.225 e. The molecule has 6 rings (SSSR count). The first-order valence-corrected chi connectivity index (χ1v) is 13.1. The van der Waals surface area contributed by atoms with Crippen LogP contribution in [0.3, 0.4) is 0 Å². The molecule has 5 nitrogen and oxygen atoms in total. The minimum absolute atomic E-state index is 0.252. The van der Waals surface area contributed by atoms with E-state index in [4.69, 9.17) is 14.5 Å². The average Bonchev–Trinajstić information content (AvgIpc) is 3.01. The first kappa shape index (κ1) is 24.8. The van der Waals surface area contributed by atoms with E-state index in [1.807, 2.05) is 91.0 Å². The van der Waals surface area contributed by atoms with Crippen molar-refractivity contribution in [1.82, 2.24) is 15.3 Å². The largest absolute Gasteiger partial charge is 0.473 e. The van der Waals surface area contributed by atoms with Crippen molar-refractivity contribution in [3.05, 3.63) is 126 Å². The van der Waals surface area contributed by atoms with Gasteiger partial charge in [-0.05, 0) is 53.9 Å². The number of hydrogen-bond donors (Lipinski definition) is 1. The van der Waals surface area contributed by atoms with Gasteiger partial charge in [-0.3, -0.25) is 4.98 Å². The number of halogens is 1. The number of ether oxygens (including phenoxy) is 2. The Morgan fingerprint density at radius 2 is 1.51 bits per heavy atom. The summed E-state index contributed by atoms with van der Waals surface area (Å²) < 4.78 is 27.9. The maximum Gasteiger partial charge on any atom is 0.225 e. The summed E-state index contributed by atoms with van der Waals surface area (Å²) in [6.45, 7) is 2.32. The van der Waals surface area contributed by atoms with Crippen LogP contribution in [0.5, 0.6) is 11.8 Å². The molecule has 0 saturated carbocycles. The van der Waals surface area contributed by atoms with E-state index in [0.717, 1.165) is 47.3 Å². The SMILES string of the molecule is Fc1c(C2=CCNCC2)ccc2ncc(-c3ccc(OCc4ccccc4)nc3OCc3ccccc3)cc12. The average molecular weight is 518 g/mol. The Bertz CT molecular complexity index is 1620. The molecule has 0 fully saturated rings. The molecule has 0 aliphatic carbocycles. The highest BCUT2D eigenvalue weighted by atomic mass is 19.1. The number of aromatic nitrogens is 2. The Labute approximate surface area is 227 Å². The highest BCUT2D eigenvalue weighted by Crippen LogP contribution is 2.35. The van der Waals surface area contributed by atoms with Crippen LogP contribution in [-0.4, -0.2) is 23.1 Å². The van der Waals surface area contributed by atoms with E-state index in [0.29, 0.717) is 41.4 Å². The van der Waals surface area contributed by atoms with Crippen molar-refractivity contribution in [2.75, 3.05) is 13.1 Å². The van der Waals surface area contributed by atoms with Crippen LogP contribution in [-0.2, 0) is 13.2 Å². The Hall–Kier alpha value is -4.55. The third-order valence-corrected chi connectivity index (χ3v) is 6.80. The van der Waals surface area contributed by atoms with Crippen LogP contribution in [0.25, 0.3) is 27.6 Å². The van der Waals surface area contributed by atoms with Crippen LogP contribution in [0.1, 0.15) is 23.1 Å². The molecule has 1 N–H and O–H groups in total. The van der Waals surface area contributed by atoms with Crippen LogP contribution >= 0.6 is 0 Å². The molecular weight excluding hydrogens is 489 g/mol. The van der Waals surface area contributed by atoms with Gasteiger partial charge < -0.3 is 14.8 Å². The van der Waals surface area contributed by atoms with Crippen molar-refractivity contribution < 1.29 is 13.9 Å². The number of hydrogen-bond acceptors (Lipinski definition) is 5. The molecule has 5 aromatic rings. The molecule has 1 aliphatic heterocycles. The summed E-state index contributed by atoms with van der Waals surface area (Å²) in [7, 11) is 0. The number of benzene rings is 3. The molecular formula is C33H28FN3O2. The molecule has 0 spiro atoms. The van der Waals surface area contributed by atoms with Gasteiger partial charge in [0.05, 0.1) is 5.52 Å². The number of fused-ring (bicyclic) bond motifs is 1. The fourth-order valence-corrected chi connectivity index (χ4v) is 4.72. The van der Waals surface area contributed by atoms with Crippen molar-refractivity contribution in [1.29, 1.82) is 0 Å². The van der Waals surface area contributed by atoms with E-state index >= 15 is 4.39 Å². The normalized spacial score (nSPS) is 13.2. The second-order valence-corrected chi connectivity index (χ2v) is 9.45. The van der Waals surface area contributed by atoms with Crippen molar-refractivity contribution in [3.8, 4) is 22.9 Å². The van der Waals surface area contributed by atoms with Gasteiger partial charge in [0.1, 0.15) is 19.0 Å². The van der Waals surface area contributed by atoms with Crippen LogP contribution < -0.4 is 14.8 Å². The summed E-state index contributed by atoms with van der Waals surface area (Å²) in [5.74, 6) is 0.603. The molecule has 1 aliphatic rings. The summed E-state index contributed by atoms with van der Waals surface area (Å²) in [6.07, 6.45) is 4.59. The summed E-state index contributed by atoms with van der Waals surface area (Å²) in [6, 6.07) is 29.1. The van der Waals surface area contributed by atoms with Crippen molar-refractivity contribution in [3.63, 3.8) is 0 Å². The van der Waals surface area contributed by atoms with Crippen molar-refractivity contribution in [2.45, 2.75) is 19.6 Å². The summed E-state index contributed by atoms with van der Waals surface area (Å²) in [5, 5.41) is 3.76. The fraction of sp³-hybridized carbons (Fsp3) is 0.152. The molecule has 0 radical (unpaired) electrons. The van der Waals surface area contributed by atoms with E-state index in [-0.39, 0.29) is 5.82 Å². The van der Waals surface area contributed by atoms with Gasteiger partial charge in [0.2, 0.25) is 11.8 Å². The molecule has 0 bridgehead atoms. The molecule has 3 heterocycles. The molecule has 2 aromatic heterocycles. The highest BCUT2D eigenvalue weighted by Gasteiger charge is 2.17. The van der Waals surface area contributed by atoms with Gasteiger partial charge in [-0.25, -0.2) is 4.39 Å². The lowest BCUT2D eigenvalue weighted by molar-refractivity contribution is 0.268. The van der Waals surface area contributed by atoms with Crippen molar-refractivity contribution >= 4 is 16.5 Å². The molecule has 0 unspecified atom stereocenters. The Kier molecular flexibility index (Phi) is 7.28. The van der Waals surface area contributed by atoms with E-state index in [9.17, 15) is 0 Å². The summed E-state index contributed by atoms with van der Waals surface area (Å²) in [4.78, 5) is 9.27. The summed E-state index contributed by atoms with van der Waals surface area (Å²) in [5.41, 5.74) is 5.77. The lowest BCUT2D eigenvalue weighted by Crippen LogP contribution is -2.20. The molecule has 0 saturated heterocycles. The molecule has 39 heavy (non-hydrogen) atoms. The second-order valence-electron chi connectivity index (χ2n) is 9.45. The standard InChI is InChI=1S/C33H28FN3O2/c34-32-27(25-15-17-35-18-16-25)11-13-30-29(32)19-26(20-36-30)28-12-14-31(38-21-23-7-3-1-4-8-23)37-33(28)39-22-24-9-5-2-6-10-24/h1-15,19-20,35H,16-18,21-22H2. The van der Waals surface area contributed by atoms with E-state index in [2.05, 4.69) is 16.4 Å². The topological polar surface area (TPSA) is 56.3 Å². The molecule has 3 aromatic carbocycles. The number of pyridine rings is 2. The predicted molar refractivity (Wildman–Crippen MR) is 152 cm³/mol. The van der Waals surface area contributed by atoms with Gasteiger partial charge in [-0.2, -0.15) is 4.98 Å². The summed E-state index contributed by atoms with van der Waals surface area (Å²) >= 11 is 0. The van der Waals surface area contributed by atoms with E-state index in [1.165, 1.54) is 0 Å². The highest BCUT2D eigenvalue weighted by molar-refractivity contribution is 5.88. The zero-order chi connectivity index (χ0) is 26.4. The van der Waals surface area contributed by atoms with Gasteiger partial charge in [0, 0.05) is 40.9 Å². The first-order valence-electron chi connectivity index (χ1n) is 13.1. The van der Waals surface area contributed by atoms with Gasteiger partial charge in [-0.15, -0.1) is 0 Å². The van der Waals surface area contributed by atoms with Crippen LogP contribution in [0.2, 0.25) is 0 Å². The Balaban J connectivity index is 1.35. The molecule has 0 amide bonds. The van der Waals surface area contributed by atoms with E-state index < -0.39 is 0 Å². The monoisotopic (exact) mass is 517 g/mol. The third kappa shape index (κ3) is 5.66. The van der Waals surface area contributed by atoms with Gasteiger partial charge in [-0.1, -0.05) is 66.7 Å². The first-order chi connectivity index (χ1) is 19.2. The minimum atomic E-state index is -0.252. The quantitative estimate of drug-likeness (QED) is 0.241. The fourth-order valence-electron chi connectivity index (χ4n) is 4.72.